The summed E-state index contributed by atoms with van der Waals surface area (Å²) in [6.07, 6.45) is 4.43. The Morgan fingerprint density at radius 2 is 1.93 bits per heavy atom. The van der Waals surface area contributed by atoms with Crippen LogP contribution < -0.4 is 5.32 Å². The lowest BCUT2D eigenvalue weighted by atomic mass is 10.2. The van der Waals surface area contributed by atoms with E-state index in [0.717, 1.165) is 41.2 Å². The zero-order chi connectivity index (χ0) is 19.9. The number of hydrogen-bond donors (Lipinski definition) is 1. The normalized spacial score (nSPS) is 10.7. The third-order valence-electron chi connectivity index (χ3n) is 4.52. The highest BCUT2D eigenvalue weighted by molar-refractivity contribution is 5.89. The molecule has 1 aromatic carbocycles. The Balaban J connectivity index is 1.62. The van der Waals surface area contributed by atoms with Gasteiger partial charge in [-0.15, -0.1) is 0 Å². The molecule has 0 fully saturated rings. The van der Waals surface area contributed by atoms with Crippen LogP contribution in [-0.4, -0.2) is 32.2 Å². The van der Waals surface area contributed by atoms with E-state index in [0.29, 0.717) is 13.1 Å². The summed E-state index contributed by atoms with van der Waals surface area (Å²) in [7, 11) is 0. The Bertz CT molecular complexity index is 902. The zero-order valence-corrected chi connectivity index (χ0v) is 16.7. The molecule has 1 N–H and O–H groups in total. The molecule has 0 atom stereocenters. The Morgan fingerprint density at radius 3 is 2.54 bits per heavy atom. The van der Waals surface area contributed by atoms with Crippen molar-refractivity contribution in [3.05, 3.63) is 77.4 Å². The smallest absolute Gasteiger partial charge is 0.320 e. The third kappa shape index (κ3) is 5.19. The molecule has 2 heterocycles. The summed E-state index contributed by atoms with van der Waals surface area (Å²) in [5, 5.41) is 7.49. The number of hydrogen-bond acceptors (Lipinski definition) is 3. The van der Waals surface area contributed by atoms with Crippen molar-refractivity contribution in [1.29, 1.82) is 0 Å². The maximum Gasteiger partial charge on any atom is 0.322 e. The number of benzene rings is 1. The number of urea groups is 1. The molecule has 3 rings (SSSR count). The fraction of sp³-hybridized carbons (Fsp3) is 0.318. The molecule has 146 valence electrons. The van der Waals surface area contributed by atoms with Gasteiger partial charge in [-0.3, -0.25) is 9.67 Å². The van der Waals surface area contributed by atoms with Crippen LogP contribution in [0.15, 0.2) is 54.9 Å². The van der Waals surface area contributed by atoms with Gasteiger partial charge in [0.2, 0.25) is 0 Å². The fourth-order valence-electron chi connectivity index (χ4n) is 3.14. The first kappa shape index (κ1) is 19.6. The van der Waals surface area contributed by atoms with Crippen molar-refractivity contribution in [1.82, 2.24) is 19.7 Å². The SMILES string of the molecule is CCCN(Cc1cccnc1)C(=O)Nc1ccc(Cn2nc(C)cc2C)cc1. The van der Waals surface area contributed by atoms with Gasteiger partial charge in [0.15, 0.2) is 0 Å². The summed E-state index contributed by atoms with van der Waals surface area (Å²) in [4.78, 5) is 18.6. The van der Waals surface area contributed by atoms with Gasteiger partial charge in [-0.1, -0.05) is 25.1 Å². The number of amides is 2. The zero-order valence-electron chi connectivity index (χ0n) is 16.7. The first-order valence-electron chi connectivity index (χ1n) is 9.60. The van der Waals surface area contributed by atoms with Gasteiger partial charge in [-0.25, -0.2) is 4.79 Å². The van der Waals surface area contributed by atoms with E-state index in [-0.39, 0.29) is 6.03 Å². The standard InChI is InChI=1S/C22H27N5O/c1-4-12-26(15-20-6-5-11-23-14-20)22(28)24-21-9-7-19(8-10-21)16-27-18(3)13-17(2)25-27/h5-11,13-14H,4,12,15-16H2,1-3H3,(H,24,28). The fourth-order valence-corrected chi connectivity index (χ4v) is 3.14. The highest BCUT2D eigenvalue weighted by Gasteiger charge is 2.13. The van der Waals surface area contributed by atoms with E-state index in [1.807, 2.05) is 48.0 Å². The van der Waals surface area contributed by atoms with Crippen LogP contribution in [0.3, 0.4) is 0 Å². The summed E-state index contributed by atoms with van der Waals surface area (Å²) in [5.74, 6) is 0. The minimum Gasteiger partial charge on any atom is -0.320 e. The maximum absolute atomic E-state index is 12.7. The topological polar surface area (TPSA) is 63.1 Å². The van der Waals surface area contributed by atoms with Crippen molar-refractivity contribution in [2.24, 2.45) is 0 Å². The number of aromatic nitrogens is 3. The lowest BCUT2D eigenvalue weighted by molar-refractivity contribution is 0.209. The van der Waals surface area contributed by atoms with E-state index in [9.17, 15) is 4.79 Å². The molecule has 2 aromatic heterocycles. The lowest BCUT2D eigenvalue weighted by Crippen LogP contribution is -2.35. The molecule has 2 amide bonds. The van der Waals surface area contributed by atoms with Gasteiger partial charge < -0.3 is 10.2 Å². The number of anilines is 1. The predicted molar refractivity (Wildman–Crippen MR) is 111 cm³/mol. The van der Waals surface area contributed by atoms with E-state index in [1.165, 1.54) is 0 Å². The molecule has 6 nitrogen and oxygen atoms in total. The van der Waals surface area contributed by atoms with Crippen molar-refractivity contribution < 1.29 is 4.79 Å². The van der Waals surface area contributed by atoms with Crippen LogP contribution in [0.2, 0.25) is 0 Å². The van der Waals surface area contributed by atoms with Crippen LogP contribution in [0.1, 0.15) is 35.9 Å². The van der Waals surface area contributed by atoms with Crippen LogP contribution in [-0.2, 0) is 13.1 Å². The Morgan fingerprint density at radius 1 is 1.14 bits per heavy atom. The maximum atomic E-state index is 12.7. The Hall–Kier alpha value is -3.15. The number of carbonyl (C=O) groups is 1. The molecule has 28 heavy (non-hydrogen) atoms. The average molecular weight is 377 g/mol. The highest BCUT2D eigenvalue weighted by atomic mass is 16.2. The number of rotatable bonds is 7. The molecule has 0 radical (unpaired) electrons. The second kappa shape index (κ2) is 9.17. The Kier molecular flexibility index (Phi) is 6.42. The molecular weight excluding hydrogens is 350 g/mol. The van der Waals surface area contributed by atoms with E-state index in [1.54, 1.807) is 17.3 Å². The van der Waals surface area contributed by atoms with Gasteiger partial charge in [0.05, 0.1) is 12.2 Å². The molecule has 0 aliphatic carbocycles. The summed E-state index contributed by atoms with van der Waals surface area (Å²) >= 11 is 0. The summed E-state index contributed by atoms with van der Waals surface area (Å²) in [6, 6.07) is 13.8. The molecule has 0 bridgehead atoms. The Labute approximate surface area is 166 Å². The lowest BCUT2D eigenvalue weighted by Gasteiger charge is -2.22. The summed E-state index contributed by atoms with van der Waals surface area (Å²) in [6.45, 7) is 8.07. The minimum absolute atomic E-state index is 0.100. The molecule has 0 aliphatic heterocycles. The number of nitrogens with zero attached hydrogens (tertiary/aromatic N) is 4. The first-order valence-corrected chi connectivity index (χ1v) is 9.60. The largest absolute Gasteiger partial charge is 0.322 e. The number of pyridine rings is 1. The second-order valence-corrected chi connectivity index (χ2v) is 6.99. The van der Waals surface area contributed by atoms with Gasteiger partial charge in [0.1, 0.15) is 0 Å². The monoisotopic (exact) mass is 377 g/mol. The van der Waals surface area contributed by atoms with Gasteiger partial charge in [0, 0.05) is 36.9 Å². The summed E-state index contributed by atoms with van der Waals surface area (Å²) < 4.78 is 1.99. The number of nitrogens with one attached hydrogen (secondary N) is 1. The highest BCUT2D eigenvalue weighted by Crippen LogP contribution is 2.14. The van der Waals surface area contributed by atoms with E-state index in [2.05, 4.69) is 35.3 Å². The molecule has 0 saturated heterocycles. The van der Waals surface area contributed by atoms with Gasteiger partial charge >= 0.3 is 6.03 Å². The van der Waals surface area contributed by atoms with Crippen LogP contribution in [0, 0.1) is 13.8 Å². The van der Waals surface area contributed by atoms with Crippen LogP contribution in [0.5, 0.6) is 0 Å². The van der Waals surface area contributed by atoms with Crippen molar-refractivity contribution in [3.8, 4) is 0 Å². The van der Waals surface area contributed by atoms with Gasteiger partial charge in [-0.05, 0) is 55.7 Å². The van der Waals surface area contributed by atoms with Crippen LogP contribution in [0.4, 0.5) is 10.5 Å². The molecule has 6 heteroatoms. The minimum atomic E-state index is -0.100. The van der Waals surface area contributed by atoms with E-state index >= 15 is 0 Å². The van der Waals surface area contributed by atoms with Gasteiger partial charge in [0.25, 0.3) is 0 Å². The predicted octanol–water partition coefficient (Wildman–Crippen LogP) is 4.39. The average Bonchev–Trinajstić information content (AvgIpc) is 3.00. The van der Waals surface area contributed by atoms with Gasteiger partial charge in [-0.2, -0.15) is 5.10 Å². The molecule has 0 unspecified atom stereocenters. The van der Waals surface area contributed by atoms with E-state index < -0.39 is 0 Å². The molecule has 0 aliphatic rings. The summed E-state index contributed by atoms with van der Waals surface area (Å²) in [5.41, 5.74) is 5.11. The first-order chi connectivity index (χ1) is 13.5. The van der Waals surface area contributed by atoms with Crippen molar-refractivity contribution in [3.63, 3.8) is 0 Å². The molecule has 0 saturated carbocycles. The quantitative estimate of drug-likeness (QED) is 0.664. The third-order valence-corrected chi connectivity index (χ3v) is 4.52. The number of aryl methyl sites for hydroxylation is 2. The van der Waals surface area contributed by atoms with E-state index in [4.69, 9.17) is 0 Å². The van der Waals surface area contributed by atoms with Crippen molar-refractivity contribution >= 4 is 11.7 Å². The molecular formula is C22H27N5O. The molecule has 0 spiro atoms. The van der Waals surface area contributed by atoms with Crippen LogP contribution >= 0.6 is 0 Å². The molecule has 3 aromatic rings. The van der Waals surface area contributed by atoms with Crippen molar-refractivity contribution in [2.75, 3.05) is 11.9 Å². The van der Waals surface area contributed by atoms with Crippen LogP contribution in [0.25, 0.3) is 0 Å². The number of carbonyl (C=O) groups excluding carboxylic acids is 1. The van der Waals surface area contributed by atoms with Crippen molar-refractivity contribution in [2.45, 2.75) is 40.3 Å². The second-order valence-electron chi connectivity index (χ2n) is 6.99.